The molecule has 0 bridgehead atoms. The van der Waals surface area contributed by atoms with Crippen molar-refractivity contribution >= 4 is 12.0 Å². The lowest BCUT2D eigenvalue weighted by atomic mass is 9.94. The van der Waals surface area contributed by atoms with Crippen molar-refractivity contribution in [3.05, 3.63) is 77.6 Å². The van der Waals surface area contributed by atoms with E-state index >= 15 is 0 Å². The lowest BCUT2D eigenvalue weighted by Gasteiger charge is -2.27. The average Bonchev–Trinajstić information content (AvgIpc) is 3.29. The Bertz CT molecular complexity index is 1200. The van der Waals surface area contributed by atoms with Crippen molar-refractivity contribution in [1.82, 2.24) is 20.4 Å². The second kappa shape index (κ2) is 10.2. The van der Waals surface area contributed by atoms with Gasteiger partial charge in [0.05, 0.1) is 36.2 Å². The Morgan fingerprint density at radius 1 is 1.09 bits per heavy atom. The summed E-state index contributed by atoms with van der Waals surface area (Å²) in [5, 5.41) is 10.4. The second-order valence-electron chi connectivity index (χ2n) is 7.88. The number of amides is 2. The van der Waals surface area contributed by atoms with E-state index < -0.39 is 18.0 Å². The lowest BCUT2D eigenvalue weighted by Crippen LogP contribution is -2.45. The van der Waals surface area contributed by atoms with Gasteiger partial charge in [0.15, 0.2) is 0 Å². The first-order valence-corrected chi connectivity index (χ1v) is 11.4. The summed E-state index contributed by atoms with van der Waals surface area (Å²) in [4.78, 5) is 25.3. The number of nitrogens with one attached hydrogen (secondary N) is 2. The number of para-hydroxylation sites is 1. The largest absolute Gasteiger partial charge is 0.494 e. The van der Waals surface area contributed by atoms with Crippen LogP contribution in [0.25, 0.3) is 16.9 Å². The summed E-state index contributed by atoms with van der Waals surface area (Å²) in [5.41, 5.74) is 3.82. The van der Waals surface area contributed by atoms with Crippen molar-refractivity contribution in [2.45, 2.75) is 33.2 Å². The minimum atomic E-state index is -0.726. The van der Waals surface area contributed by atoms with E-state index in [-0.39, 0.29) is 6.61 Å². The van der Waals surface area contributed by atoms with Gasteiger partial charge in [-0.05, 0) is 56.7 Å². The van der Waals surface area contributed by atoms with E-state index in [4.69, 9.17) is 14.6 Å². The van der Waals surface area contributed by atoms with E-state index in [0.717, 1.165) is 23.4 Å². The fourth-order valence-corrected chi connectivity index (χ4v) is 3.87. The molecule has 1 aliphatic heterocycles. The first-order chi connectivity index (χ1) is 16.5. The average molecular weight is 461 g/mol. The van der Waals surface area contributed by atoms with Gasteiger partial charge in [0.25, 0.3) is 0 Å². The molecule has 2 amide bonds. The van der Waals surface area contributed by atoms with E-state index in [0.29, 0.717) is 29.1 Å². The zero-order valence-electron chi connectivity index (χ0n) is 19.5. The number of esters is 1. The highest BCUT2D eigenvalue weighted by atomic mass is 16.5. The minimum Gasteiger partial charge on any atom is -0.494 e. The molecular formula is C26H28N4O4. The smallest absolute Gasteiger partial charge is 0.338 e. The predicted molar refractivity (Wildman–Crippen MR) is 129 cm³/mol. The Morgan fingerprint density at radius 2 is 1.82 bits per heavy atom. The maximum absolute atomic E-state index is 12.9. The molecule has 4 rings (SSSR count). The van der Waals surface area contributed by atoms with Crippen LogP contribution < -0.4 is 15.4 Å². The van der Waals surface area contributed by atoms with Gasteiger partial charge >= 0.3 is 12.0 Å². The molecule has 1 aliphatic rings. The number of urea groups is 1. The molecule has 0 spiro atoms. The molecule has 2 N–H and O–H groups in total. The zero-order valence-corrected chi connectivity index (χ0v) is 19.5. The van der Waals surface area contributed by atoms with Crippen molar-refractivity contribution in [2.24, 2.45) is 0 Å². The summed E-state index contributed by atoms with van der Waals surface area (Å²) in [5.74, 6) is 0.284. The molecule has 3 aromatic rings. The number of benzene rings is 2. The molecule has 2 aromatic carbocycles. The Labute approximate surface area is 198 Å². The van der Waals surface area contributed by atoms with E-state index in [2.05, 4.69) is 17.6 Å². The van der Waals surface area contributed by atoms with Crippen LogP contribution in [0.15, 0.2) is 72.1 Å². The number of nitrogens with zero attached hydrogens (tertiary/aromatic N) is 2. The van der Waals surface area contributed by atoms with Gasteiger partial charge in [-0.2, -0.15) is 5.10 Å². The van der Waals surface area contributed by atoms with E-state index in [1.165, 1.54) is 0 Å². The van der Waals surface area contributed by atoms with Crippen LogP contribution in [0.3, 0.4) is 0 Å². The number of aromatic nitrogens is 2. The summed E-state index contributed by atoms with van der Waals surface area (Å²) in [6.45, 7) is 6.37. The van der Waals surface area contributed by atoms with Crippen molar-refractivity contribution < 1.29 is 19.1 Å². The van der Waals surface area contributed by atoms with Crippen LogP contribution in [-0.4, -0.2) is 35.0 Å². The number of ether oxygens (including phenoxy) is 2. The third-order valence-corrected chi connectivity index (χ3v) is 5.44. The standard InChI is InChI=1S/C26H28N4O4/c1-4-15-34-20-13-11-18(12-14-20)23-21(16-30(29-23)19-9-7-6-8-10-19)24-22(25(31)33-5-2)17(3)27-26(32)28-24/h6-14,16,24H,4-5,15H2,1-3H3,(H2,27,28,32)/t24-/m1/s1. The van der Waals surface area contributed by atoms with Gasteiger partial charge in [-0.3, -0.25) is 0 Å². The number of hydrogen-bond acceptors (Lipinski definition) is 5. The number of carbonyl (C=O) groups is 2. The molecule has 0 saturated carbocycles. The maximum Gasteiger partial charge on any atom is 0.338 e. The van der Waals surface area contributed by atoms with Crippen LogP contribution in [0.1, 0.15) is 38.8 Å². The van der Waals surface area contributed by atoms with E-state index in [1.807, 2.05) is 60.8 Å². The third-order valence-electron chi connectivity index (χ3n) is 5.44. The van der Waals surface area contributed by atoms with Crippen LogP contribution >= 0.6 is 0 Å². The quantitative estimate of drug-likeness (QED) is 0.482. The highest BCUT2D eigenvalue weighted by Crippen LogP contribution is 2.35. The Balaban J connectivity index is 1.83. The molecule has 8 heteroatoms. The van der Waals surface area contributed by atoms with Gasteiger partial charge in [-0.1, -0.05) is 25.1 Å². The first kappa shape index (κ1) is 23.1. The van der Waals surface area contributed by atoms with Gasteiger partial charge < -0.3 is 20.1 Å². The number of carbonyl (C=O) groups excluding carboxylic acids is 2. The minimum absolute atomic E-state index is 0.228. The highest BCUT2D eigenvalue weighted by Gasteiger charge is 2.35. The second-order valence-corrected chi connectivity index (χ2v) is 7.88. The molecule has 0 aliphatic carbocycles. The topological polar surface area (TPSA) is 94.5 Å². The molecule has 0 unspecified atom stereocenters. The highest BCUT2D eigenvalue weighted by molar-refractivity contribution is 5.95. The summed E-state index contributed by atoms with van der Waals surface area (Å²) in [7, 11) is 0. The number of allylic oxidation sites excluding steroid dienone is 1. The van der Waals surface area contributed by atoms with Gasteiger partial charge in [-0.15, -0.1) is 0 Å². The normalized spacial score (nSPS) is 15.5. The lowest BCUT2D eigenvalue weighted by molar-refractivity contribution is -0.139. The van der Waals surface area contributed by atoms with Crippen molar-refractivity contribution in [1.29, 1.82) is 0 Å². The molecule has 0 radical (unpaired) electrons. The fourth-order valence-electron chi connectivity index (χ4n) is 3.87. The number of rotatable bonds is 8. The molecule has 2 heterocycles. The van der Waals surface area contributed by atoms with Crippen molar-refractivity contribution in [3.8, 4) is 22.7 Å². The summed E-state index contributed by atoms with van der Waals surface area (Å²) >= 11 is 0. The molecule has 0 fully saturated rings. The van der Waals surface area contributed by atoms with Crippen molar-refractivity contribution in [2.75, 3.05) is 13.2 Å². The summed E-state index contributed by atoms with van der Waals surface area (Å²) in [6, 6.07) is 16.2. The molecule has 34 heavy (non-hydrogen) atoms. The first-order valence-electron chi connectivity index (χ1n) is 11.4. The van der Waals surface area contributed by atoms with Crippen LogP contribution in [0.4, 0.5) is 4.79 Å². The fraction of sp³-hybridized carbons (Fsp3) is 0.269. The molecule has 1 atom stereocenters. The molecule has 176 valence electrons. The SMILES string of the molecule is CCCOc1ccc(-c2nn(-c3ccccc3)cc2[C@H]2NC(=O)NC(C)=C2C(=O)OCC)cc1. The van der Waals surface area contributed by atoms with Crippen molar-refractivity contribution in [3.63, 3.8) is 0 Å². The number of hydrogen-bond donors (Lipinski definition) is 2. The monoisotopic (exact) mass is 460 g/mol. The maximum atomic E-state index is 12.9. The van der Waals surface area contributed by atoms with Crippen LogP contribution in [-0.2, 0) is 9.53 Å². The van der Waals surface area contributed by atoms with Gasteiger partial charge in [0.2, 0.25) is 0 Å². The van der Waals surface area contributed by atoms with Gasteiger partial charge in [0, 0.05) is 23.0 Å². The van der Waals surface area contributed by atoms with Gasteiger partial charge in [0.1, 0.15) is 5.75 Å². The molecule has 1 aromatic heterocycles. The van der Waals surface area contributed by atoms with Gasteiger partial charge in [-0.25, -0.2) is 14.3 Å². The zero-order chi connectivity index (χ0) is 24.1. The molecule has 0 saturated heterocycles. The van der Waals surface area contributed by atoms with Crippen LogP contribution in [0, 0.1) is 0 Å². The van der Waals surface area contributed by atoms with E-state index in [1.54, 1.807) is 18.5 Å². The third kappa shape index (κ3) is 4.80. The van der Waals surface area contributed by atoms with E-state index in [9.17, 15) is 9.59 Å². The Morgan fingerprint density at radius 3 is 2.50 bits per heavy atom. The summed E-state index contributed by atoms with van der Waals surface area (Å²) < 4.78 is 12.8. The van der Waals surface area contributed by atoms with Crippen LogP contribution in [0.5, 0.6) is 5.75 Å². The van der Waals surface area contributed by atoms with Crippen LogP contribution in [0.2, 0.25) is 0 Å². The Kier molecular flexibility index (Phi) is 6.96. The molecular weight excluding hydrogens is 432 g/mol. The molecule has 8 nitrogen and oxygen atoms in total. The summed E-state index contributed by atoms with van der Waals surface area (Å²) in [6.07, 6.45) is 2.76. The Hall–Kier alpha value is -4.07. The predicted octanol–water partition coefficient (Wildman–Crippen LogP) is 4.52.